The van der Waals surface area contributed by atoms with Gasteiger partial charge in [-0.1, -0.05) is 0 Å². The van der Waals surface area contributed by atoms with E-state index in [1.165, 1.54) is 0 Å². The normalized spacial score (nSPS) is 11.0. The third-order valence-corrected chi connectivity index (χ3v) is 0.903. The lowest BCUT2D eigenvalue weighted by Gasteiger charge is -2.21. The Kier molecular flexibility index (Phi) is 3.19. The number of rotatable bonds is 4. The average molecular weight is 132 g/mol. The molecule has 0 heterocycles. The van der Waals surface area contributed by atoms with Crippen LogP contribution < -0.4 is 11.3 Å². The molecule has 0 atom stereocenters. The molecule has 0 saturated carbocycles. The van der Waals surface area contributed by atoms with Crippen LogP contribution >= 0.6 is 0 Å². The summed E-state index contributed by atoms with van der Waals surface area (Å²) in [6.07, 6.45) is 0. The Morgan fingerprint density at radius 1 is 1.78 bits per heavy atom. The number of hydrogen-bond donors (Lipinski definition) is 2. The van der Waals surface area contributed by atoms with E-state index < -0.39 is 0 Å². The van der Waals surface area contributed by atoms with Gasteiger partial charge in [0.05, 0.1) is 5.54 Å². The van der Waals surface area contributed by atoms with E-state index >= 15 is 0 Å². The molecule has 0 aromatic carbocycles. The van der Waals surface area contributed by atoms with Crippen LogP contribution in [0.1, 0.15) is 13.8 Å². The number of carbonyl (C=O) groups excluding carboxylic acids is 1. The van der Waals surface area contributed by atoms with Crippen LogP contribution in [-0.2, 0) is 9.53 Å². The van der Waals surface area contributed by atoms with Gasteiger partial charge in [-0.25, -0.2) is 0 Å². The highest BCUT2D eigenvalue weighted by Gasteiger charge is 2.14. The minimum Gasteiger partial charge on any atom is -0.466 e. The lowest BCUT2D eigenvalue weighted by Crippen LogP contribution is -2.47. The molecule has 0 rings (SSSR count). The second-order valence-electron chi connectivity index (χ2n) is 2.44. The molecule has 0 fully saturated rings. The quantitative estimate of drug-likeness (QED) is 0.304. The van der Waals surface area contributed by atoms with Crippen LogP contribution in [0.2, 0.25) is 0 Å². The fourth-order valence-corrected chi connectivity index (χ4v) is 0.284. The Hall–Kier alpha value is -0.610. The first-order chi connectivity index (χ1) is 4.12. The molecule has 4 heteroatoms. The van der Waals surface area contributed by atoms with E-state index in [2.05, 4.69) is 10.2 Å². The minimum absolute atomic E-state index is 0.285. The van der Waals surface area contributed by atoms with Crippen LogP contribution in [-0.4, -0.2) is 18.6 Å². The predicted octanol–water partition coefficient (Wildman–Crippen LogP) is -0.599. The first-order valence-corrected chi connectivity index (χ1v) is 2.65. The molecule has 3 N–H and O–H groups in total. The molecule has 0 aromatic heterocycles. The molecule has 9 heavy (non-hydrogen) atoms. The third-order valence-electron chi connectivity index (χ3n) is 0.903. The van der Waals surface area contributed by atoms with E-state index in [0.29, 0.717) is 6.47 Å². The van der Waals surface area contributed by atoms with Crippen molar-refractivity contribution in [2.45, 2.75) is 19.4 Å². The molecule has 4 nitrogen and oxygen atoms in total. The maximum Gasteiger partial charge on any atom is 0.293 e. The molecule has 0 amide bonds. The lowest BCUT2D eigenvalue weighted by atomic mass is 10.1. The van der Waals surface area contributed by atoms with Crippen molar-refractivity contribution in [3.8, 4) is 0 Å². The summed E-state index contributed by atoms with van der Waals surface area (Å²) in [6, 6.07) is 0. The molecule has 0 bridgehead atoms. The number of ether oxygens (including phenoxy) is 1. The van der Waals surface area contributed by atoms with Crippen molar-refractivity contribution in [2.75, 3.05) is 6.61 Å². The highest BCUT2D eigenvalue weighted by atomic mass is 16.5. The molecule has 0 unspecified atom stereocenters. The van der Waals surface area contributed by atoms with Crippen molar-refractivity contribution >= 4 is 6.47 Å². The summed E-state index contributed by atoms with van der Waals surface area (Å²) >= 11 is 0. The molecule has 0 aliphatic heterocycles. The van der Waals surface area contributed by atoms with Crippen LogP contribution in [0, 0.1) is 0 Å². The van der Waals surface area contributed by atoms with Gasteiger partial charge in [0.2, 0.25) is 0 Å². The summed E-state index contributed by atoms with van der Waals surface area (Å²) in [5, 5.41) is 0. The second-order valence-corrected chi connectivity index (χ2v) is 2.44. The Balaban J connectivity index is 3.44. The zero-order chi connectivity index (χ0) is 7.33. The lowest BCUT2D eigenvalue weighted by molar-refractivity contribution is -0.130. The molecule has 0 radical (unpaired) electrons. The SMILES string of the molecule is CC(C)(COC=O)NN. The van der Waals surface area contributed by atoms with Crippen LogP contribution in [0.4, 0.5) is 0 Å². The van der Waals surface area contributed by atoms with Gasteiger partial charge in [-0.2, -0.15) is 0 Å². The molecular formula is C5H12N2O2. The topological polar surface area (TPSA) is 64.3 Å². The molecule has 0 aromatic rings. The van der Waals surface area contributed by atoms with Gasteiger partial charge in [0, 0.05) is 0 Å². The Bertz CT molecular complexity index is 93.0. The average Bonchev–Trinajstić information content (AvgIpc) is 1.84. The molecule has 0 aliphatic rings. The van der Waals surface area contributed by atoms with E-state index in [-0.39, 0.29) is 12.1 Å². The van der Waals surface area contributed by atoms with Gasteiger partial charge in [0.25, 0.3) is 6.47 Å². The summed E-state index contributed by atoms with van der Waals surface area (Å²) in [4.78, 5) is 9.68. The summed E-state index contributed by atoms with van der Waals surface area (Å²) in [5.41, 5.74) is 2.16. The Morgan fingerprint density at radius 2 is 2.33 bits per heavy atom. The van der Waals surface area contributed by atoms with E-state index in [1.807, 2.05) is 13.8 Å². The Morgan fingerprint density at radius 3 is 2.67 bits per heavy atom. The smallest absolute Gasteiger partial charge is 0.293 e. The highest BCUT2D eigenvalue weighted by molar-refractivity contribution is 5.37. The first-order valence-electron chi connectivity index (χ1n) is 2.65. The number of hydrazine groups is 1. The van der Waals surface area contributed by atoms with Gasteiger partial charge in [-0.15, -0.1) is 0 Å². The fourth-order valence-electron chi connectivity index (χ4n) is 0.284. The number of nitrogens with two attached hydrogens (primary N) is 1. The van der Waals surface area contributed by atoms with Gasteiger partial charge >= 0.3 is 0 Å². The summed E-state index contributed by atoms with van der Waals surface area (Å²) in [6.45, 7) is 4.35. The standard InChI is InChI=1S/C5H12N2O2/c1-5(2,7-6)3-9-4-8/h4,7H,3,6H2,1-2H3. The zero-order valence-electron chi connectivity index (χ0n) is 5.68. The summed E-state index contributed by atoms with van der Waals surface area (Å²) in [7, 11) is 0. The number of carbonyl (C=O) groups is 1. The van der Waals surface area contributed by atoms with Gasteiger partial charge in [0.1, 0.15) is 6.61 Å². The van der Waals surface area contributed by atoms with Gasteiger partial charge in [0.15, 0.2) is 0 Å². The van der Waals surface area contributed by atoms with Crippen molar-refractivity contribution in [1.82, 2.24) is 5.43 Å². The van der Waals surface area contributed by atoms with E-state index in [4.69, 9.17) is 5.84 Å². The molecule has 0 saturated heterocycles. The molecule has 54 valence electrons. The van der Waals surface area contributed by atoms with E-state index in [0.717, 1.165) is 0 Å². The molecule has 0 aliphatic carbocycles. The van der Waals surface area contributed by atoms with Gasteiger partial charge in [-0.3, -0.25) is 16.1 Å². The highest BCUT2D eigenvalue weighted by Crippen LogP contribution is 1.97. The number of nitrogens with one attached hydrogen (secondary N) is 1. The molecule has 0 spiro atoms. The zero-order valence-corrected chi connectivity index (χ0v) is 5.68. The van der Waals surface area contributed by atoms with Crippen LogP contribution in [0.25, 0.3) is 0 Å². The predicted molar refractivity (Wildman–Crippen MR) is 33.4 cm³/mol. The summed E-state index contributed by atoms with van der Waals surface area (Å²) < 4.78 is 4.47. The molecular weight excluding hydrogens is 120 g/mol. The monoisotopic (exact) mass is 132 g/mol. The minimum atomic E-state index is -0.332. The van der Waals surface area contributed by atoms with Crippen LogP contribution in [0.3, 0.4) is 0 Å². The fraction of sp³-hybridized carbons (Fsp3) is 0.800. The second kappa shape index (κ2) is 3.42. The van der Waals surface area contributed by atoms with E-state index in [9.17, 15) is 4.79 Å². The van der Waals surface area contributed by atoms with Crippen LogP contribution in [0.5, 0.6) is 0 Å². The number of hydrogen-bond acceptors (Lipinski definition) is 4. The van der Waals surface area contributed by atoms with Crippen molar-refractivity contribution < 1.29 is 9.53 Å². The van der Waals surface area contributed by atoms with E-state index in [1.54, 1.807) is 0 Å². The van der Waals surface area contributed by atoms with Crippen molar-refractivity contribution in [1.29, 1.82) is 0 Å². The van der Waals surface area contributed by atoms with Gasteiger partial charge < -0.3 is 4.74 Å². The Labute approximate surface area is 54.3 Å². The van der Waals surface area contributed by atoms with Crippen molar-refractivity contribution in [3.05, 3.63) is 0 Å². The van der Waals surface area contributed by atoms with Crippen molar-refractivity contribution in [2.24, 2.45) is 5.84 Å². The summed E-state index contributed by atoms with van der Waals surface area (Å²) in [5.74, 6) is 5.10. The maximum absolute atomic E-state index is 9.68. The van der Waals surface area contributed by atoms with Crippen LogP contribution in [0.15, 0.2) is 0 Å². The largest absolute Gasteiger partial charge is 0.466 e. The first kappa shape index (κ1) is 8.39. The third kappa shape index (κ3) is 3.93. The van der Waals surface area contributed by atoms with Gasteiger partial charge in [-0.05, 0) is 13.8 Å². The maximum atomic E-state index is 9.68. The van der Waals surface area contributed by atoms with Crippen molar-refractivity contribution in [3.63, 3.8) is 0 Å².